The van der Waals surface area contributed by atoms with E-state index in [0.717, 1.165) is 32.1 Å². The predicted octanol–water partition coefficient (Wildman–Crippen LogP) is 3.28. The molecule has 0 spiro atoms. The van der Waals surface area contributed by atoms with Crippen molar-refractivity contribution in [1.82, 2.24) is 5.32 Å². The zero-order chi connectivity index (χ0) is 16.0. The van der Waals surface area contributed by atoms with Crippen molar-refractivity contribution >= 4 is 11.9 Å². The van der Waals surface area contributed by atoms with Crippen LogP contribution in [0.4, 0.5) is 0 Å². The van der Waals surface area contributed by atoms with Gasteiger partial charge in [0.05, 0.1) is 11.1 Å². The first kappa shape index (κ1) is 17.3. The lowest BCUT2D eigenvalue weighted by Crippen LogP contribution is -2.32. The summed E-state index contributed by atoms with van der Waals surface area (Å²) in [5.74, 6) is -2.60. The average molecular weight is 295 g/mol. The second kappa shape index (κ2) is 7.86. The van der Waals surface area contributed by atoms with Gasteiger partial charge in [-0.05, 0) is 20.3 Å². The molecule has 0 aromatic heterocycles. The van der Waals surface area contributed by atoms with Crippen LogP contribution >= 0.6 is 0 Å². The van der Waals surface area contributed by atoms with Gasteiger partial charge in [0.2, 0.25) is 0 Å². The third kappa shape index (κ3) is 4.34. The highest BCUT2D eigenvalue weighted by Gasteiger charge is 2.34. The fourth-order valence-corrected chi connectivity index (χ4v) is 2.94. The SMILES string of the molecule is CCCCCCCC1C(C(=O)O)=C(C)NC(C)=C1C(=O)O. The molecule has 0 saturated heterocycles. The van der Waals surface area contributed by atoms with E-state index in [2.05, 4.69) is 12.2 Å². The molecule has 5 nitrogen and oxygen atoms in total. The molecule has 0 unspecified atom stereocenters. The molecule has 1 aliphatic rings. The molecular weight excluding hydrogens is 270 g/mol. The molecule has 118 valence electrons. The maximum absolute atomic E-state index is 11.5. The van der Waals surface area contributed by atoms with E-state index in [0.29, 0.717) is 17.8 Å². The Morgan fingerprint density at radius 3 is 1.86 bits per heavy atom. The topological polar surface area (TPSA) is 86.6 Å². The van der Waals surface area contributed by atoms with E-state index in [1.165, 1.54) is 0 Å². The molecule has 1 aliphatic heterocycles. The van der Waals surface area contributed by atoms with Crippen LogP contribution in [0.15, 0.2) is 22.5 Å². The molecule has 0 fully saturated rings. The predicted molar refractivity (Wildman–Crippen MR) is 80.7 cm³/mol. The van der Waals surface area contributed by atoms with Crippen LogP contribution in [0, 0.1) is 5.92 Å². The monoisotopic (exact) mass is 295 g/mol. The van der Waals surface area contributed by atoms with E-state index in [1.54, 1.807) is 13.8 Å². The highest BCUT2D eigenvalue weighted by molar-refractivity contribution is 5.96. The van der Waals surface area contributed by atoms with E-state index in [-0.39, 0.29) is 11.1 Å². The molecule has 0 aromatic carbocycles. The normalized spacial score (nSPS) is 16.1. The summed E-state index contributed by atoms with van der Waals surface area (Å²) in [6.45, 7) is 5.52. The Hall–Kier alpha value is -1.78. The Bertz CT molecular complexity index is 441. The smallest absolute Gasteiger partial charge is 0.333 e. The van der Waals surface area contributed by atoms with Gasteiger partial charge in [-0.3, -0.25) is 0 Å². The van der Waals surface area contributed by atoms with Gasteiger partial charge in [-0.25, -0.2) is 9.59 Å². The maximum atomic E-state index is 11.5. The number of unbranched alkanes of at least 4 members (excludes halogenated alkanes) is 4. The fourth-order valence-electron chi connectivity index (χ4n) is 2.94. The van der Waals surface area contributed by atoms with Gasteiger partial charge in [0.25, 0.3) is 0 Å². The number of nitrogens with one attached hydrogen (secondary N) is 1. The van der Waals surface area contributed by atoms with Crippen molar-refractivity contribution in [2.75, 3.05) is 0 Å². The molecule has 3 N–H and O–H groups in total. The molecule has 1 heterocycles. The second-order valence-electron chi connectivity index (χ2n) is 5.57. The van der Waals surface area contributed by atoms with Crippen molar-refractivity contribution in [2.24, 2.45) is 5.92 Å². The molecule has 0 bridgehead atoms. The van der Waals surface area contributed by atoms with Crippen LogP contribution in [-0.4, -0.2) is 22.2 Å². The molecule has 0 radical (unpaired) electrons. The van der Waals surface area contributed by atoms with E-state index < -0.39 is 17.9 Å². The highest BCUT2D eigenvalue weighted by atomic mass is 16.4. The Balaban J connectivity index is 2.90. The Morgan fingerprint density at radius 2 is 1.43 bits per heavy atom. The molecule has 0 atom stereocenters. The summed E-state index contributed by atoms with van der Waals surface area (Å²) in [6, 6.07) is 0. The van der Waals surface area contributed by atoms with Crippen LogP contribution < -0.4 is 5.32 Å². The molecule has 1 rings (SSSR count). The standard InChI is InChI=1S/C16H25NO4/c1-4-5-6-7-8-9-12-13(15(18)19)10(2)17-11(3)14(12)16(20)21/h12,17H,4-9H2,1-3H3,(H,18,19)(H,20,21). The van der Waals surface area contributed by atoms with Crippen LogP contribution in [0.1, 0.15) is 59.3 Å². The summed E-state index contributed by atoms with van der Waals surface area (Å²) >= 11 is 0. The van der Waals surface area contributed by atoms with Gasteiger partial charge in [0.1, 0.15) is 0 Å². The molecular formula is C16H25NO4. The number of carboxylic acid groups (broad SMARTS) is 2. The molecule has 0 aliphatic carbocycles. The van der Waals surface area contributed by atoms with Crippen molar-refractivity contribution in [3.8, 4) is 0 Å². The number of dihydropyridines is 1. The van der Waals surface area contributed by atoms with Gasteiger partial charge < -0.3 is 15.5 Å². The Labute approximate surface area is 125 Å². The van der Waals surface area contributed by atoms with E-state index >= 15 is 0 Å². The second-order valence-corrected chi connectivity index (χ2v) is 5.57. The lowest BCUT2D eigenvalue weighted by Gasteiger charge is -2.28. The fraction of sp³-hybridized carbons (Fsp3) is 0.625. The minimum Gasteiger partial charge on any atom is -0.478 e. The molecule has 21 heavy (non-hydrogen) atoms. The van der Waals surface area contributed by atoms with Crippen LogP contribution in [0.25, 0.3) is 0 Å². The van der Waals surface area contributed by atoms with E-state index in [9.17, 15) is 19.8 Å². The Morgan fingerprint density at radius 1 is 0.952 bits per heavy atom. The van der Waals surface area contributed by atoms with Crippen LogP contribution in [0.3, 0.4) is 0 Å². The van der Waals surface area contributed by atoms with Crippen LogP contribution in [-0.2, 0) is 9.59 Å². The number of carboxylic acids is 2. The zero-order valence-electron chi connectivity index (χ0n) is 13.0. The van der Waals surface area contributed by atoms with Crippen molar-refractivity contribution in [2.45, 2.75) is 59.3 Å². The third-order valence-electron chi connectivity index (χ3n) is 3.94. The quantitative estimate of drug-likeness (QED) is 0.598. The summed E-state index contributed by atoms with van der Waals surface area (Å²) in [4.78, 5) is 22.9. The van der Waals surface area contributed by atoms with Gasteiger partial charge in [-0.1, -0.05) is 39.0 Å². The summed E-state index contributed by atoms with van der Waals surface area (Å²) in [5, 5.41) is 21.7. The first-order valence-corrected chi connectivity index (χ1v) is 7.55. The number of hydrogen-bond donors (Lipinski definition) is 3. The van der Waals surface area contributed by atoms with Crippen molar-refractivity contribution in [1.29, 1.82) is 0 Å². The minimum atomic E-state index is -1.04. The molecule has 0 amide bonds. The largest absolute Gasteiger partial charge is 0.478 e. The first-order chi connectivity index (χ1) is 9.90. The average Bonchev–Trinajstić information content (AvgIpc) is 2.36. The number of aliphatic carboxylic acids is 2. The molecule has 0 aromatic rings. The first-order valence-electron chi connectivity index (χ1n) is 7.55. The summed E-state index contributed by atoms with van der Waals surface area (Å²) < 4.78 is 0. The van der Waals surface area contributed by atoms with Crippen molar-refractivity contribution < 1.29 is 19.8 Å². The van der Waals surface area contributed by atoms with Crippen LogP contribution in [0.5, 0.6) is 0 Å². The van der Waals surface area contributed by atoms with Gasteiger partial charge in [-0.15, -0.1) is 0 Å². The third-order valence-corrected chi connectivity index (χ3v) is 3.94. The number of hydrogen-bond acceptors (Lipinski definition) is 3. The Kier molecular flexibility index (Phi) is 6.46. The summed E-state index contributed by atoms with van der Waals surface area (Å²) in [6.07, 6.45) is 5.84. The molecule has 0 saturated carbocycles. The van der Waals surface area contributed by atoms with Crippen molar-refractivity contribution in [3.05, 3.63) is 22.5 Å². The van der Waals surface area contributed by atoms with Crippen molar-refractivity contribution in [3.63, 3.8) is 0 Å². The summed E-state index contributed by atoms with van der Waals surface area (Å²) in [7, 11) is 0. The summed E-state index contributed by atoms with van der Waals surface area (Å²) in [5.41, 5.74) is 1.47. The lowest BCUT2D eigenvalue weighted by atomic mass is 9.82. The number of rotatable bonds is 8. The van der Waals surface area contributed by atoms with Gasteiger partial charge in [-0.2, -0.15) is 0 Å². The lowest BCUT2D eigenvalue weighted by molar-refractivity contribution is -0.134. The number of allylic oxidation sites excluding steroid dienone is 2. The van der Waals surface area contributed by atoms with Gasteiger partial charge in [0.15, 0.2) is 0 Å². The maximum Gasteiger partial charge on any atom is 0.333 e. The highest BCUT2D eigenvalue weighted by Crippen LogP contribution is 2.33. The van der Waals surface area contributed by atoms with Gasteiger partial charge in [0, 0.05) is 17.3 Å². The molecule has 5 heteroatoms. The number of carbonyl (C=O) groups is 2. The van der Waals surface area contributed by atoms with Gasteiger partial charge >= 0.3 is 11.9 Å². The minimum absolute atomic E-state index is 0.188. The van der Waals surface area contributed by atoms with Crippen LogP contribution in [0.2, 0.25) is 0 Å². The zero-order valence-corrected chi connectivity index (χ0v) is 13.0. The van der Waals surface area contributed by atoms with E-state index in [1.807, 2.05) is 0 Å². The van der Waals surface area contributed by atoms with E-state index in [4.69, 9.17) is 0 Å².